The van der Waals surface area contributed by atoms with Crippen LogP contribution in [0.1, 0.15) is 19.4 Å². The Morgan fingerprint density at radius 1 is 1.26 bits per heavy atom. The summed E-state index contributed by atoms with van der Waals surface area (Å²) in [6.45, 7) is 5.93. The molecule has 2 aromatic rings. The Balaban J connectivity index is 1.60. The van der Waals surface area contributed by atoms with Crippen LogP contribution in [0.4, 0.5) is 5.69 Å². The van der Waals surface area contributed by atoms with Crippen LogP contribution in [0.2, 0.25) is 0 Å². The van der Waals surface area contributed by atoms with Gasteiger partial charge < -0.3 is 19.5 Å². The van der Waals surface area contributed by atoms with Crippen molar-refractivity contribution in [2.45, 2.75) is 20.0 Å². The van der Waals surface area contributed by atoms with Crippen LogP contribution in [0.3, 0.4) is 0 Å². The minimum Gasteiger partial charge on any atom is -0.507 e. The lowest BCUT2D eigenvalue weighted by Gasteiger charge is -2.24. The molecule has 0 saturated heterocycles. The summed E-state index contributed by atoms with van der Waals surface area (Å²) in [5.41, 5.74) is 3.87. The second kappa shape index (κ2) is 8.44. The van der Waals surface area contributed by atoms with Gasteiger partial charge in [0.15, 0.2) is 11.5 Å². The topological polar surface area (TPSA) is 83.4 Å². The Hall–Kier alpha value is -3.22. The van der Waals surface area contributed by atoms with Crippen LogP contribution in [0.5, 0.6) is 17.2 Å². The van der Waals surface area contributed by atoms with E-state index in [1.54, 1.807) is 24.3 Å². The number of nitrogens with one attached hydrogen (secondary N) is 1. The van der Waals surface area contributed by atoms with Crippen molar-refractivity contribution in [3.05, 3.63) is 48.0 Å². The molecule has 2 aromatic carbocycles. The number of carbonyl (C=O) groups is 1. The van der Waals surface area contributed by atoms with Gasteiger partial charge in [-0.1, -0.05) is 12.1 Å². The zero-order valence-electron chi connectivity index (χ0n) is 15.4. The van der Waals surface area contributed by atoms with Gasteiger partial charge in [0.1, 0.15) is 12.4 Å². The van der Waals surface area contributed by atoms with E-state index < -0.39 is 12.0 Å². The number of fused-ring (bicyclic) bond motifs is 1. The lowest BCUT2D eigenvalue weighted by atomic mass is 10.2. The van der Waals surface area contributed by atoms with Crippen LogP contribution in [0.15, 0.2) is 47.6 Å². The van der Waals surface area contributed by atoms with Gasteiger partial charge in [-0.25, -0.2) is 5.43 Å². The first-order valence-electron chi connectivity index (χ1n) is 8.91. The fourth-order valence-electron chi connectivity index (χ4n) is 2.81. The highest BCUT2D eigenvalue weighted by Gasteiger charge is 2.27. The molecule has 1 amide bonds. The molecule has 0 bridgehead atoms. The summed E-state index contributed by atoms with van der Waals surface area (Å²) < 4.78 is 11.1. The predicted molar refractivity (Wildman–Crippen MR) is 104 cm³/mol. The molecule has 1 heterocycles. The van der Waals surface area contributed by atoms with E-state index in [0.29, 0.717) is 17.1 Å². The van der Waals surface area contributed by atoms with Crippen LogP contribution in [-0.4, -0.2) is 43.0 Å². The number of ether oxygens (including phenoxy) is 2. The molecule has 0 spiro atoms. The van der Waals surface area contributed by atoms with E-state index in [2.05, 4.69) is 29.3 Å². The number of phenols is 1. The maximum atomic E-state index is 12.2. The van der Waals surface area contributed by atoms with Crippen LogP contribution in [0.25, 0.3) is 0 Å². The highest BCUT2D eigenvalue weighted by Crippen LogP contribution is 2.30. The van der Waals surface area contributed by atoms with Crippen molar-refractivity contribution >= 4 is 17.8 Å². The number of para-hydroxylation sites is 2. The largest absolute Gasteiger partial charge is 0.507 e. The number of carbonyl (C=O) groups excluding carboxylic acids is 1. The molecule has 0 aliphatic carbocycles. The molecule has 3 rings (SSSR count). The third-order valence-corrected chi connectivity index (χ3v) is 4.32. The third-order valence-electron chi connectivity index (χ3n) is 4.32. The average Bonchev–Trinajstić information content (AvgIpc) is 2.70. The molecular formula is C20H23N3O4. The smallest absolute Gasteiger partial charge is 0.284 e. The first kappa shape index (κ1) is 18.6. The quantitative estimate of drug-likeness (QED) is 0.604. The minimum atomic E-state index is -0.782. The molecule has 0 aromatic heterocycles. The van der Waals surface area contributed by atoms with Crippen molar-refractivity contribution in [1.82, 2.24) is 5.43 Å². The van der Waals surface area contributed by atoms with E-state index in [0.717, 1.165) is 18.8 Å². The number of hydrogen-bond acceptors (Lipinski definition) is 6. The number of rotatable bonds is 6. The molecule has 7 nitrogen and oxygen atoms in total. The first-order chi connectivity index (χ1) is 13.1. The SMILES string of the molecule is CCN(CC)c1ccc(/C=N/NC(=O)C2COc3ccccc3O2)c(O)c1. The van der Waals surface area contributed by atoms with Crippen molar-refractivity contribution in [2.75, 3.05) is 24.6 Å². The zero-order chi connectivity index (χ0) is 19.2. The maximum absolute atomic E-state index is 12.2. The van der Waals surface area contributed by atoms with Gasteiger partial charge in [0.25, 0.3) is 5.91 Å². The van der Waals surface area contributed by atoms with E-state index in [4.69, 9.17) is 9.47 Å². The third kappa shape index (κ3) is 4.31. The molecule has 142 valence electrons. The number of aromatic hydroxyl groups is 1. The van der Waals surface area contributed by atoms with Crippen molar-refractivity contribution in [1.29, 1.82) is 0 Å². The molecule has 0 radical (unpaired) electrons. The van der Waals surface area contributed by atoms with Gasteiger partial charge in [-0.3, -0.25) is 4.79 Å². The maximum Gasteiger partial charge on any atom is 0.284 e. The highest BCUT2D eigenvalue weighted by atomic mass is 16.6. The summed E-state index contributed by atoms with van der Waals surface area (Å²) in [5, 5.41) is 14.1. The average molecular weight is 369 g/mol. The molecule has 0 saturated carbocycles. The summed E-state index contributed by atoms with van der Waals surface area (Å²) in [6, 6.07) is 12.5. The molecule has 1 aliphatic rings. The van der Waals surface area contributed by atoms with Gasteiger partial charge in [0, 0.05) is 30.4 Å². The number of nitrogens with zero attached hydrogens (tertiary/aromatic N) is 2. The van der Waals surface area contributed by atoms with Crippen molar-refractivity contribution < 1.29 is 19.4 Å². The highest BCUT2D eigenvalue weighted by molar-refractivity contribution is 5.87. The van der Waals surface area contributed by atoms with Gasteiger partial charge in [0.05, 0.1) is 6.21 Å². The Bertz CT molecular complexity index is 834. The summed E-state index contributed by atoms with van der Waals surface area (Å²) >= 11 is 0. The Morgan fingerprint density at radius 2 is 2.00 bits per heavy atom. The summed E-state index contributed by atoms with van der Waals surface area (Å²) in [4.78, 5) is 14.3. The van der Waals surface area contributed by atoms with Crippen LogP contribution >= 0.6 is 0 Å². The van der Waals surface area contributed by atoms with Gasteiger partial charge in [-0.05, 0) is 38.1 Å². The second-order valence-corrected chi connectivity index (χ2v) is 6.01. The molecule has 27 heavy (non-hydrogen) atoms. The zero-order valence-corrected chi connectivity index (χ0v) is 15.4. The van der Waals surface area contributed by atoms with Gasteiger partial charge in [0.2, 0.25) is 6.10 Å². The standard InChI is InChI=1S/C20H23N3O4/c1-3-23(4-2)15-10-9-14(16(24)11-15)12-21-22-20(25)19-13-26-17-7-5-6-8-18(17)27-19/h5-12,19,24H,3-4,13H2,1-2H3,(H,22,25)/b21-12+. The summed E-state index contributed by atoms with van der Waals surface area (Å²) in [5.74, 6) is 0.823. The Kier molecular flexibility index (Phi) is 5.80. The van der Waals surface area contributed by atoms with E-state index in [1.165, 1.54) is 6.21 Å². The van der Waals surface area contributed by atoms with Crippen molar-refractivity contribution in [2.24, 2.45) is 5.10 Å². The van der Waals surface area contributed by atoms with Gasteiger partial charge in [-0.2, -0.15) is 5.10 Å². The van der Waals surface area contributed by atoms with E-state index in [1.807, 2.05) is 18.2 Å². The number of anilines is 1. The molecule has 0 fully saturated rings. The fourth-order valence-corrected chi connectivity index (χ4v) is 2.81. The summed E-state index contributed by atoms with van der Waals surface area (Å²) in [7, 11) is 0. The molecule has 1 unspecified atom stereocenters. The Labute approximate surface area is 158 Å². The van der Waals surface area contributed by atoms with Crippen LogP contribution in [-0.2, 0) is 4.79 Å². The van der Waals surface area contributed by atoms with Crippen molar-refractivity contribution in [3.8, 4) is 17.2 Å². The van der Waals surface area contributed by atoms with E-state index >= 15 is 0 Å². The lowest BCUT2D eigenvalue weighted by Crippen LogP contribution is -2.42. The Morgan fingerprint density at radius 3 is 2.70 bits per heavy atom. The number of hydrazone groups is 1. The number of phenolic OH excluding ortho intramolecular Hbond substituents is 1. The molecule has 1 atom stereocenters. The molecular weight excluding hydrogens is 346 g/mol. The fraction of sp³-hybridized carbons (Fsp3) is 0.300. The summed E-state index contributed by atoms with van der Waals surface area (Å²) in [6.07, 6.45) is 0.618. The number of benzene rings is 2. The monoisotopic (exact) mass is 369 g/mol. The number of amides is 1. The van der Waals surface area contributed by atoms with Gasteiger partial charge >= 0.3 is 0 Å². The molecule has 7 heteroatoms. The van der Waals surface area contributed by atoms with Crippen LogP contribution in [0, 0.1) is 0 Å². The first-order valence-corrected chi connectivity index (χ1v) is 8.91. The van der Waals surface area contributed by atoms with Gasteiger partial charge in [-0.15, -0.1) is 0 Å². The second-order valence-electron chi connectivity index (χ2n) is 6.01. The lowest BCUT2D eigenvalue weighted by molar-refractivity contribution is -0.130. The number of hydrogen-bond donors (Lipinski definition) is 2. The minimum absolute atomic E-state index is 0.101. The van der Waals surface area contributed by atoms with Crippen molar-refractivity contribution in [3.63, 3.8) is 0 Å². The van der Waals surface area contributed by atoms with E-state index in [-0.39, 0.29) is 12.4 Å². The molecule has 2 N–H and O–H groups in total. The van der Waals surface area contributed by atoms with E-state index in [9.17, 15) is 9.90 Å². The van der Waals surface area contributed by atoms with Crippen LogP contribution < -0.4 is 19.8 Å². The predicted octanol–water partition coefficient (Wildman–Crippen LogP) is 2.53. The normalized spacial score (nSPS) is 15.6. The molecule has 1 aliphatic heterocycles.